The second kappa shape index (κ2) is 8.11. The molecule has 1 saturated heterocycles. The summed E-state index contributed by atoms with van der Waals surface area (Å²) in [5.41, 5.74) is -0.486. The number of hydrogen-bond donors (Lipinski definition) is 2. The first kappa shape index (κ1) is 19.4. The molecule has 146 valence electrons. The van der Waals surface area contributed by atoms with E-state index in [1.165, 1.54) is 0 Å². The topological polar surface area (TPSA) is 86.7 Å². The summed E-state index contributed by atoms with van der Waals surface area (Å²) >= 11 is 0. The second-order valence-corrected chi connectivity index (χ2v) is 7.71. The summed E-state index contributed by atoms with van der Waals surface area (Å²) in [5, 5.41) is 12.7. The minimum Gasteiger partial charge on any atom is -0.481 e. The van der Waals surface area contributed by atoms with Gasteiger partial charge in [-0.1, -0.05) is 50.1 Å². The minimum absolute atomic E-state index is 0.0236. The van der Waals surface area contributed by atoms with Gasteiger partial charge in [0.15, 0.2) is 0 Å². The van der Waals surface area contributed by atoms with Crippen molar-refractivity contribution in [3.8, 4) is 0 Å². The van der Waals surface area contributed by atoms with Gasteiger partial charge in [0, 0.05) is 25.6 Å². The van der Waals surface area contributed by atoms with Crippen LogP contribution in [0.4, 0.5) is 0 Å². The maximum Gasteiger partial charge on any atom is 0.315 e. The summed E-state index contributed by atoms with van der Waals surface area (Å²) in [6.45, 7) is 2.29. The summed E-state index contributed by atoms with van der Waals surface area (Å²) in [6, 6.07) is 9.29. The zero-order valence-corrected chi connectivity index (χ0v) is 15.8. The van der Waals surface area contributed by atoms with Gasteiger partial charge in [-0.3, -0.25) is 14.4 Å². The molecule has 1 aromatic carbocycles. The highest BCUT2D eigenvalue weighted by Gasteiger charge is 2.42. The van der Waals surface area contributed by atoms with Gasteiger partial charge in [0.2, 0.25) is 11.8 Å². The summed E-state index contributed by atoms with van der Waals surface area (Å²) in [6.07, 6.45) is 4.91. The van der Waals surface area contributed by atoms with Crippen LogP contribution in [0, 0.1) is 5.92 Å². The molecule has 1 aromatic rings. The van der Waals surface area contributed by atoms with Gasteiger partial charge in [0.1, 0.15) is 5.41 Å². The zero-order chi connectivity index (χ0) is 19.4. The smallest absolute Gasteiger partial charge is 0.315 e. The Hall–Kier alpha value is -2.37. The Kier molecular flexibility index (Phi) is 5.82. The fourth-order valence-corrected chi connectivity index (χ4v) is 4.40. The fourth-order valence-electron chi connectivity index (χ4n) is 4.40. The van der Waals surface area contributed by atoms with Crippen LogP contribution in [0.2, 0.25) is 0 Å². The standard InChI is InChI=1S/C21H28N2O4/c1-2-21(20(26)27,16-8-4-3-5-9-16)14-22-19(25)15-12-18(24)23(13-15)17-10-6-7-11-17/h3-5,8-9,15,17H,2,6-7,10-14H2,1H3,(H,22,25)(H,26,27). The molecule has 1 aliphatic heterocycles. The lowest BCUT2D eigenvalue weighted by atomic mass is 9.78. The van der Waals surface area contributed by atoms with E-state index in [0.717, 1.165) is 25.7 Å². The molecule has 2 fully saturated rings. The van der Waals surface area contributed by atoms with Crippen LogP contribution in [0.3, 0.4) is 0 Å². The number of aliphatic carboxylic acids is 1. The Labute approximate surface area is 159 Å². The Morgan fingerprint density at radius 1 is 1.22 bits per heavy atom. The van der Waals surface area contributed by atoms with E-state index in [1.807, 2.05) is 17.9 Å². The molecule has 2 unspecified atom stereocenters. The van der Waals surface area contributed by atoms with Gasteiger partial charge in [-0.15, -0.1) is 0 Å². The molecule has 1 aliphatic carbocycles. The normalized spacial score (nSPS) is 22.6. The van der Waals surface area contributed by atoms with E-state index in [9.17, 15) is 19.5 Å². The van der Waals surface area contributed by atoms with Crippen LogP contribution in [-0.4, -0.2) is 46.9 Å². The third kappa shape index (κ3) is 3.84. The van der Waals surface area contributed by atoms with Crippen molar-refractivity contribution in [2.45, 2.75) is 56.9 Å². The van der Waals surface area contributed by atoms with Crippen LogP contribution in [0.1, 0.15) is 51.0 Å². The van der Waals surface area contributed by atoms with Crippen molar-refractivity contribution < 1.29 is 19.5 Å². The molecule has 0 radical (unpaired) electrons. The van der Waals surface area contributed by atoms with E-state index in [2.05, 4.69) is 5.32 Å². The van der Waals surface area contributed by atoms with Gasteiger partial charge in [-0.25, -0.2) is 0 Å². The van der Waals surface area contributed by atoms with E-state index in [-0.39, 0.29) is 30.8 Å². The number of nitrogens with zero attached hydrogens (tertiary/aromatic N) is 1. The third-order valence-electron chi connectivity index (χ3n) is 6.20. The van der Waals surface area contributed by atoms with E-state index < -0.39 is 17.3 Å². The molecule has 6 nitrogen and oxygen atoms in total. The van der Waals surface area contributed by atoms with Crippen molar-refractivity contribution in [1.82, 2.24) is 10.2 Å². The van der Waals surface area contributed by atoms with Gasteiger partial charge in [-0.05, 0) is 24.8 Å². The molecule has 2 N–H and O–H groups in total. The summed E-state index contributed by atoms with van der Waals surface area (Å²) in [5.74, 6) is -1.52. The van der Waals surface area contributed by atoms with Crippen LogP contribution in [-0.2, 0) is 19.8 Å². The van der Waals surface area contributed by atoms with Crippen molar-refractivity contribution in [3.63, 3.8) is 0 Å². The fraction of sp³-hybridized carbons (Fsp3) is 0.571. The highest BCUT2D eigenvalue weighted by Crippen LogP contribution is 2.31. The first-order chi connectivity index (χ1) is 13.0. The number of carboxylic acids is 1. The average Bonchev–Trinajstić information content (AvgIpc) is 3.32. The lowest BCUT2D eigenvalue weighted by Crippen LogP contribution is -2.48. The number of rotatable bonds is 7. The zero-order valence-electron chi connectivity index (χ0n) is 15.8. The third-order valence-corrected chi connectivity index (χ3v) is 6.20. The van der Waals surface area contributed by atoms with Crippen molar-refractivity contribution in [3.05, 3.63) is 35.9 Å². The Bertz CT molecular complexity index is 699. The summed E-state index contributed by atoms with van der Waals surface area (Å²) in [7, 11) is 0. The number of nitrogens with one attached hydrogen (secondary N) is 1. The minimum atomic E-state index is -1.16. The number of amides is 2. The molecule has 2 atom stereocenters. The predicted molar refractivity (Wildman–Crippen MR) is 101 cm³/mol. The first-order valence-corrected chi connectivity index (χ1v) is 9.84. The Balaban J connectivity index is 1.66. The quantitative estimate of drug-likeness (QED) is 0.769. The SMILES string of the molecule is CCC(CNC(=O)C1CC(=O)N(C2CCCC2)C1)(C(=O)O)c1ccccc1. The van der Waals surface area contributed by atoms with Crippen LogP contribution < -0.4 is 5.32 Å². The van der Waals surface area contributed by atoms with Crippen molar-refractivity contribution in [1.29, 1.82) is 0 Å². The molecular weight excluding hydrogens is 344 g/mol. The van der Waals surface area contributed by atoms with Crippen LogP contribution in [0.25, 0.3) is 0 Å². The maximum absolute atomic E-state index is 12.7. The van der Waals surface area contributed by atoms with E-state index in [0.29, 0.717) is 18.5 Å². The Morgan fingerprint density at radius 2 is 1.89 bits per heavy atom. The maximum atomic E-state index is 12.7. The molecule has 0 aromatic heterocycles. The molecule has 1 heterocycles. The number of carbonyl (C=O) groups excluding carboxylic acids is 2. The van der Waals surface area contributed by atoms with Gasteiger partial charge < -0.3 is 15.3 Å². The molecule has 1 saturated carbocycles. The molecule has 3 rings (SSSR count). The highest BCUT2D eigenvalue weighted by atomic mass is 16.4. The van der Waals surface area contributed by atoms with Crippen molar-refractivity contribution in [2.24, 2.45) is 5.92 Å². The van der Waals surface area contributed by atoms with E-state index in [4.69, 9.17) is 0 Å². The molecule has 2 aliphatic rings. The summed E-state index contributed by atoms with van der Waals surface area (Å²) < 4.78 is 0. The van der Waals surface area contributed by atoms with Gasteiger partial charge in [0.25, 0.3) is 0 Å². The molecular formula is C21H28N2O4. The first-order valence-electron chi connectivity index (χ1n) is 9.84. The average molecular weight is 372 g/mol. The second-order valence-electron chi connectivity index (χ2n) is 7.71. The van der Waals surface area contributed by atoms with Crippen LogP contribution in [0.15, 0.2) is 30.3 Å². The van der Waals surface area contributed by atoms with Gasteiger partial charge in [0.05, 0.1) is 5.92 Å². The monoisotopic (exact) mass is 372 g/mol. The number of benzene rings is 1. The van der Waals surface area contributed by atoms with E-state index in [1.54, 1.807) is 24.3 Å². The number of likely N-dealkylation sites (tertiary alicyclic amines) is 1. The van der Waals surface area contributed by atoms with Crippen molar-refractivity contribution >= 4 is 17.8 Å². The largest absolute Gasteiger partial charge is 0.481 e. The number of carbonyl (C=O) groups is 3. The molecule has 27 heavy (non-hydrogen) atoms. The molecule has 0 spiro atoms. The van der Waals surface area contributed by atoms with Crippen LogP contribution >= 0.6 is 0 Å². The van der Waals surface area contributed by atoms with E-state index >= 15 is 0 Å². The Morgan fingerprint density at radius 3 is 2.48 bits per heavy atom. The van der Waals surface area contributed by atoms with Gasteiger partial charge in [-0.2, -0.15) is 0 Å². The molecule has 6 heteroatoms. The lowest BCUT2D eigenvalue weighted by Gasteiger charge is -2.29. The molecule has 0 bridgehead atoms. The lowest BCUT2D eigenvalue weighted by molar-refractivity contribution is -0.144. The van der Waals surface area contributed by atoms with Crippen LogP contribution in [0.5, 0.6) is 0 Å². The number of carboxylic acid groups (broad SMARTS) is 1. The summed E-state index contributed by atoms with van der Waals surface area (Å²) in [4.78, 5) is 38.9. The van der Waals surface area contributed by atoms with Crippen molar-refractivity contribution in [2.75, 3.05) is 13.1 Å². The predicted octanol–water partition coefficient (Wildman–Crippen LogP) is 2.33. The molecule has 2 amide bonds. The van der Waals surface area contributed by atoms with Gasteiger partial charge >= 0.3 is 5.97 Å². The number of hydrogen-bond acceptors (Lipinski definition) is 3. The highest BCUT2D eigenvalue weighted by molar-refractivity contribution is 5.90.